The summed E-state index contributed by atoms with van der Waals surface area (Å²) in [7, 11) is 0. The molecule has 15 heavy (non-hydrogen) atoms. The summed E-state index contributed by atoms with van der Waals surface area (Å²) in [5.74, 6) is 0. The van der Waals surface area contributed by atoms with E-state index < -0.39 is 0 Å². The van der Waals surface area contributed by atoms with Crippen molar-refractivity contribution in [2.24, 2.45) is 0 Å². The Bertz CT molecular complexity index is 257. The van der Waals surface area contributed by atoms with Crippen LogP contribution in [-0.4, -0.2) is 10.2 Å². The fourth-order valence-electron chi connectivity index (χ4n) is 2.02. The molecule has 0 aliphatic carbocycles. The second-order valence-electron chi connectivity index (χ2n) is 4.43. The first kappa shape index (κ1) is 12.3. The molecule has 0 saturated heterocycles. The highest BCUT2D eigenvalue weighted by Gasteiger charge is 2.04. The summed E-state index contributed by atoms with van der Waals surface area (Å²) in [6.45, 7) is 6.47. The minimum absolute atomic E-state index is 1.18. The molecule has 1 rings (SSSR count). The minimum atomic E-state index is 1.18. The molecule has 2 nitrogen and oxygen atoms in total. The van der Waals surface area contributed by atoms with Gasteiger partial charge in [-0.25, -0.2) is 0 Å². The lowest BCUT2D eigenvalue weighted by molar-refractivity contribution is 0.606. The van der Waals surface area contributed by atoms with E-state index in [0.29, 0.717) is 0 Å². The van der Waals surface area contributed by atoms with E-state index in [0.717, 1.165) is 0 Å². The summed E-state index contributed by atoms with van der Waals surface area (Å²) >= 11 is 0. The third-order valence-corrected chi connectivity index (χ3v) is 3.06. The summed E-state index contributed by atoms with van der Waals surface area (Å²) in [5.41, 5.74) is 3.87. The van der Waals surface area contributed by atoms with Crippen LogP contribution in [0.5, 0.6) is 0 Å². The molecule has 1 aromatic heterocycles. The first-order valence-corrected chi connectivity index (χ1v) is 6.26. The number of nitrogens with zero attached hydrogens (tertiary/aromatic N) is 1. The Labute approximate surface area is 93.5 Å². The summed E-state index contributed by atoms with van der Waals surface area (Å²) < 4.78 is 0. The minimum Gasteiger partial charge on any atom is -0.282 e. The molecule has 0 atom stereocenters. The third kappa shape index (κ3) is 4.06. The number of unbranched alkanes of at least 4 members (excludes halogenated alkanes) is 5. The van der Waals surface area contributed by atoms with Crippen molar-refractivity contribution in [3.8, 4) is 0 Å². The smallest absolute Gasteiger partial charge is 0.0625 e. The zero-order valence-electron chi connectivity index (χ0n) is 10.4. The standard InChI is InChI=1S/C13H24N2/c1-4-5-6-7-8-9-10-13-11(2)14-15-12(13)3/h4-10H2,1-3H3,(H,14,15). The number of aryl methyl sites for hydroxylation is 2. The normalized spacial score (nSPS) is 10.9. The summed E-state index contributed by atoms with van der Waals surface area (Å²) in [5, 5.41) is 7.27. The zero-order chi connectivity index (χ0) is 11.1. The van der Waals surface area contributed by atoms with E-state index in [1.165, 1.54) is 61.9 Å². The number of hydrogen-bond acceptors (Lipinski definition) is 1. The maximum Gasteiger partial charge on any atom is 0.0625 e. The van der Waals surface area contributed by atoms with Crippen LogP contribution in [0.2, 0.25) is 0 Å². The van der Waals surface area contributed by atoms with Crippen molar-refractivity contribution in [1.82, 2.24) is 10.2 Å². The van der Waals surface area contributed by atoms with Crippen molar-refractivity contribution in [3.05, 3.63) is 17.0 Å². The van der Waals surface area contributed by atoms with Gasteiger partial charge < -0.3 is 0 Å². The number of H-pyrrole nitrogens is 1. The number of aromatic nitrogens is 2. The van der Waals surface area contributed by atoms with Crippen LogP contribution in [-0.2, 0) is 6.42 Å². The van der Waals surface area contributed by atoms with Crippen LogP contribution in [0.4, 0.5) is 0 Å². The third-order valence-electron chi connectivity index (χ3n) is 3.06. The monoisotopic (exact) mass is 208 g/mol. The van der Waals surface area contributed by atoms with Gasteiger partial charge in [-0.05, 0) is 32.3 Å². The largest absolute Gasteiger partial charge is 0.282 e. The van der Waals surface area contributed by atoms with Crippen LogP contribution in [0.15, 0.2) is 0 Å². The van der Waals surface area contributed by atoms with Gasteiger partial charge in [-0.3, -0.25) is 5.10 Å². The highest BCUT2D eigenvalue weighted by Crippen LogP contribution is 2.14. The molecule has 0 spiro atoms. The zero-order valence-corrected chi connectivity index (χ0v) is 10.4. The predicted molar refractivity (Wildman–Crippen MR) is 65.1 cm³/mol. The van der Waals surface area contributed by atoms with Gasteiger partial charge in [0.2, 0.25) is 0 Å². The fourth-order valence-corrected chi connectivity index (χ4v) is 2.02. The van der Waals surface area contributed by atoms with Gasteiger partial charge in [0.05, 0.1) is 5.69 Å². The van der Waals surface area contributed by atoms with Crippen LogP contribution in [0, 0.1) is 13.8 Å². The molecule has 0 fully saturated rings. The molecule has 0 aliphatic heterocycles. The van der Waals surface area contributed by atoms with Crippen molar-refractivity contribution < 1.29 is 0 Å². The lowest BCUT2D eigenvalue weighted by Gasteiger charge is -2.01. The first-order valence-electron chi connectivity index (χ1n) is 6.26. The Kier molecular flexibility index (Phi) is 5.44. The molecule has 0 bridgehead atoms. The average molecular weight is 208 g/mol. The van der Waals surface area contributed by atoms with Crippen molar-refractivity contribution in [2.75, 3.05) is 0 Å². The molecular formula is C13H24N2. The average Bonchev–Trinajstić information content (AvgIpc) is 2.54. The maximum atomic E-state index is 4.22. The molecule has 0 amide bonds. The predicted octanol–water partition coefficient (Wildman–Crippen LogP) is 3.93. The second kappa shape index (κ2) is 6.65. The van der Waals surface area contributed by atoms with Crippen LogP contribution in [0.3, 0.4) is 0 Å². The van der Waals surface area contributed by atoms with E-state index in [1.807, 2.05) is 0 Å². The molecular weight excluding hydrogens is 184 g/mol. The number of hydrogen-bond donors (Lipinski definition) is 1. The van der Waals surface area contributed by atoms with Crippen LogP contribution in [0.1, 0.15) is 62.4 Å². The Morgan fingerprint density at radius 2 is 1.67 bits per heavy atom. The number of nitrogens with one attached hydrogen (secondary N) is 1. The van der Waals surface area contributed by atoms with Crippen molar-refractivity contribution in [3.63, 3.8) is 0 Å². The lowest BCUT2D eigenvalue weighted by Crippen LogP contribution is -1.89. The summed E-state index contributed by atoms with van der Waals surface area (Å²) in [6.07, 6.45) is 9.39. The molecule has 1 heterocycles. The van der Waals surface area contributed by atoms with Gasteiger partial charge in [0.1, 0.15) is 0 Å². The summed E-state index contributed by atoms with van der Waals surface area (Å²) in [6, 6.07) is 0. The van der Waals surface area contributed by atoms with E-state index in [2.05, 4.69) is 31.0 Å². The van der Waals surface area contributed by atoms with Crippen LogP contribution < -0.4 is 0 Å². The van der Waals surface area contributed by atoms with Crippen molar-refractivity contribution in [2.45, 2.75) is 65.7 Å². The van der Waals surface area contributed by atoms with Gasteiger partial charge in [0, 0.05) is 5.69 Å². The van der Waals surface area contributed by atoms with E-state index in [-0.39, 0.29) is 0 Å². The first-order chi connectivity index (χ1) is 7.25. The Hall–Kier alpha value is -0.790. The van der Waals surface area contributed by atoms with Crippen LogP contribution in [0.25, 0.3) is 0 Å². The SMILES string of the molecule is CCCCCCCCc1c(C)n[nH]c1C. The van der Waals surface area contributed by atoms with Gasteiger partial charge in [-0.1, -0.05) is 39.0 Å². The second-order valence-corrected chi connectivity index (χ2v) is 4.43. The molecule has 1 N–H and O–H groups in total. The van der Waals surface area contributed by atoms with Gasteiger partial charge in [-0.15, -0.1) is 0 Å². The van der Waals surface area contributed by atoms with Gasteiger partial charge in [-0.2, -0.15) is 5.10 Å². The molecule has 2 heteroatoms. The molecule has 0 radical (unpaired) electrons. The molecule has 86 valence electrons. The van der Waals surface area contributed by atoms with E-state index >= 15 is 0 Å². The molecule has 0 unspecified atom stereocenters. The molecule has 1 aromatic rings. The molecule has 0 saturated carbocycles. The maximum absolute atomic E-state index is 4.22. The van der Waals surface area contributed by atoms with E-state index in [4.69, 9.17) is 0 Å². The van der Waals surface area contributed by atoms with Gasteiger partial charge in [0.15, 0.2) is 0 Å². The highest BCUT2D eigenvalue weighted by molar-refractivity contribution is 5.22. The molecule has 0 aromatic carbocycles. The Morgan fingerprint density at radius 1 is 1.00 bits per heavy atom. The van der Waals surface area contributed by atoms with Gasteiger partial charge >= 0.3 is 0 Å². The number of aromatic amines is 1. The number of rotatable bonds is 7. The van der Waals surface area contributed by atoms with E-state index in [9.17, 15) is 0 Å². The van der Waals surface area contributed by atoms with Crippen molar-refractivity contribution in [1.29, 1.82) is 0 Å². The van der Waals surface area contributed by atoms with Gasteiger partial charge in [0.25, 0.3) is 0 Å². The fraction of sp³-hybridized carbons (Fsp3) is 0.769. The van der Waals surface area contributed by atoms with E-state index in [1.54, 1.807) is 0 Å². The van der Waals surface area contributed by atoms with Crippen LogP contribution >= 0.6 is 0 Å². The molecule has 0 aliphatic rings. The Balaban J connectivity index is 2.15. The lowest BCUT2D eigenvalue weighted by atomic mass is 10.0. The Morgan fingerprint density at radius 3 is 2.27 bits per heavy atom. The topological polar surface area (TPSA) is 28.7 Å². The quantitative estimate of drug-likeness (QED) is 0.676. The van der Waals surface area contributed by atoms with Crippen molar-refractivity contribution >= 4 is 0 Å². The summed E-state index contributed by atoms with van der Waals surface area (Å²) in [4.78, 5) is 0. The highest BCUT2D eigenvalue weighted by atomic mass is 15.1.